The number of aryl methyl sites for hydroxylation is 1. The molecule has 2 unspecified atom stereocenters. The normalized spacial score (nSPS) is 23.1. The fraction of sp³-hybridized carbons (Fsp3) is 0.308. The van der Waals surface area contributed by atoms with Gasteiger partial charge < -0.3 is 28.9 Å². The van der Waals surface area contributed by atoms with Crippen molar-refractivity contribution in [3.8, 4) is 0 Å². The number of hydrogen-bond donors (Lipinski definition) is 0. The Kier molecular flexibility index (Phi) is 6.54. The zero-order valence-electron chi connectivity index (χ0n) is 18.9. The number of thioether (sulfide) groups is 1. The number of rotatable bonds is 3. The first kappa shape index (κ1) is 23.1. The molecule has 0 spiro atoms. The predicted octanol–water partition coefficient (Wildman–Crippen LogP) is 1.47. The van der Waals surface area contributed by atoms with Gasteiger partial charge in [-0.15, -0.1) is 0 Å². The second kappa shape index (κ2) is 9.06. The maximum Gasteiger partial charge on any atom is 0.322 e. The number of anilines is 1. The van der Waals surface area contributed by atoms with E-state index >= 15 is 0 Å². The lowest BCUT2D eigenvalue weighted by atomic mass is 9.90. The van der Waals surface area contributed by atoms with E-state index in [-0.39, 0.29) is 41.2 Å². The largest absolute Gasteiger partial charge is 1.00 e. The average Bonchev–Trinajstić information content (AvgIpc) is 3.39. The molecule has 0 aliphatic carbocycles. The van der Waals surface area contributed by atoms with Crippen molar-refractivity contribution in [1.29, 1.82) is 0 Å². The summed E-state index contributed by atoms with van der Waals surface area (Å²) in [5, 5.41) is 2.31. The molecule has 6 heteroatoms. The molecule has 0 bridgehead atoms. The number of fused-ring (bicyclic) bond motifs is 2. The summed E-state index contributed by atoms with van der Waals surface area (Å²) in [4.78, 5) is 17.7. The van der Waals surface area contributed by atoms with Gasteiger partial charge in [0.1, 0.15) is 5.92 Å². The fourth-order valence-electron chi connectivity index (χ4n) is 4.76. The van der Waals surface area contributed by atoms with E-state index in [1.807, 2.05) is 4.90 Å². The van der Waals surface area contributed by atoms with Gasteiger partial charge in [-0.2, -0.15) is 4.90 Å². The first-order valence-electron chi connectivity index (χ1n) is 10.8. The molecule has 2 aromatic rings. The molecule has 32 heavy (non-hydrogen) atoms. The van der Waals surface area contributed by atoms with Gasteiger partial charge in [0.25, 0.3) is 5.84 Å². The Morgan fingerprint density at radius 3 is 2.44 bits per heavy atom. The maximum atomic E-state index is 13.6. The van der Waals surface area contributed by atoms with Gasteiger partial charge in [-0.25, -0.2) is 4.79 Å². The predicted molar refractivity (Wildman–Crippen MR) is 130 cm³/mol. The molecule has 1 amide bonds. The van der Waals surface area contributed by atoms with Crippen LogP contribution >= 0.6 is 11.8 Å². The number of amidine groups is 1. The third-order valence-electron chi connectivity index (χ3n) is 6.49. The minimum atomic E-state index is -0.111. The topological polar surface area (TPSA) is 26.6 Å². The smallest absolute Gasteiger partial charge is 0.322 e. The van der Waals surface area contributed by atoms with Crippen LogP contribution < -0.4 is 28.9 Å². The van der Waals surface area contributed by atoms with Crippen molar-refractivity contribution in [1.82, 2.24) is 4.90 Å². The molecule has 0 aromatic heterocycles. The molecule has 4 nitrogen and oxygen atoms in total. The molecule has 3 heterocycles. The first-order valence-corrected chi connectivity index (χ1v) is 11.7. The Morgan fingerprint density at radius 1 is 1.09 bits per heavy atom. The van der Waals surface area contributed by atoms with Crippen molar-refractivity contribution in [2.45, 2.75) is 18.7 Å². The van der Waals surface area contributed by atoms with Crippen LogP contribution in [-0.4, -0.2) is 54.3 Å². The van der Waals surface area contributed by atoms with Crippen LogP contribution in [0.4, 0.5) is 5.69 Å². The van der Waals surface area contributed by atoms with E-state index in [0.29, 0.717) is 0 Å². The van der Waals surface area contributed by atoms with Gasteiger partial charge in [-0.3, -0.25) is 4.58 Å². The summed E-state index contributed by atoms with van der Waals surface area (Å²) in [6.45, 7) is 2.85. The van der Waals surface area contributed by atoms with E-state index in [2.05, 4.69) is 97.6 Å². The molecule has 0 saturated carbocycles. The summed E-state index contributed by atoms with van der Waals surface area (Å²) >= 11 is 1.77. The van der Waals surface area contributed by atoms with Crippen LogP contribution in [-0.2, 0) is 4.79 Å². The number of nitrogens with zero attached hydrogens (tertiary/aromatic N) is 3. The molecule has 3 aliphatic heterocycles. The lowest BCUT2D eigenvalue weighted by Gasteiger charge is -2.29. The van der Waals surface area contributed by atoms with Crippen LogP contribution in [0, 0.1) is 12.8 Å². The van der Waals surface area contributed by atoms with Gasteiger partial charge in [0, 0.05) is 31.8 Å². The highest BCUT2D eigenvalue weighted by Crippen LogP contribution is 2.46. The van der Waals surface area contributed by atoms with Crippen molar-refractivity contribution >= 4 is 40.8 Å². The van der Waals surface area contributed by atoms with Gasteiger partial charge in [0.05, 0.1) is 13.6 Å². The van der Waals surface area contributed by atoms with Gasteiger partial charge in [0.15, 0.2) is 5.37 Å². The molecule has 166 valence electrons. The minimum Gasteiger partial charge on any atom is -1.00 e. The molecule has 5 rings (SSSR count). The summed E-state index contributed by atoms with van der Waals surface area (Å²) in [6.07, 6.45) is 3.14. The number of carbonyl (C=O) groups is 1. The van der Waals surface area contributed by atoms with Crippen LogP contribution in [0.25, 0.3) is 11.6 Å². The molecular weight excluding hydrogens is 529 g/mol. The third kappa shape index (κ3) is 3.92. The van der Waals surface area contributed by atoms with Crippen molar-refractivity contribution in [2.75, 3.05) is 32.6 Å². The van der Waals surface area contributed by atoms with E-state index in [0.717, 1.165) is 29.9 Å². The molecule has 1 fully saturated rings. The molecule has 3 aliphatic rings. The van der Waals surface area contributed by atoms with Crippen LogP contribution in [0.5, 0.6) is 0 Å². The van der Waals surface area contributed by atoms with E-state index in [4.69, 9.17) is 0 Å². The quantitative estimate of drug-likeness (QED) is 0.423. The van der Waals surface area contributed by atoms with Crippen molar-refractivity contribution < 1.29 is 33.3 Å². The number of carbonyl (C=O) groups excluding carboxylic acids is 1. The zero-order chi connectivity index (χ0) is 21.7. The zero-order valence-corrected chi connectivity index (χ0v) is 21.9. The lowest BCUT2D eigenvalue weighted by Crippen LogP contribution is -3.00. The molecule has 0 N–H and O–H groups in total. The van der Waals surface area contributed by atoms with Crippen LogP contribution in [0.2, 0.25) is 0 Å². The highest BCUT2D eigenvalue weighted by molar-refractivity contribution is 8.03. The van der Waals surface area contributed by atoms with Crippen LogP contribution in [0.3, 0.4) is 0 Å². The maximum absolute atomic E-state index is 13.6. The Hall–Kier alpha value is -2.06. The number of hydrogen-bond acceptors (Lipinski definition) is 3. The lowest BCUT2D eigenvalue weighted by molar-refractivity contribution is -0.522. The molecular formula is C26H28IN3OS. The first-order chi connectivity index (χ1) is 14.9. The van der Waals surface area contributed by atoms with Crippen molar-refractivity contribution in [3.05, 3.63) is 76.2 Å². The number of amides is 1. The fourth-order valence-corrected chi connectivity index (χ4v) is 6.03. The second-order valence-electron chi connectivity index (χ2n) is 8.77. The standard InChI is InChI=1S/C26H28N3OS.HI/c1-17-5-9-19(10-6-17)22-16-31-26-23(22)25(30)29-14-13-20(24(29)28(26)4)15-18-7-11-21(12-8-18)27(2)3;/h5-12,15-16,23,26H,13-14H2,1-4H3;1H/q+1;/p-1. The highest BCUT2D eigenvalue weighted by atomic mass is 127. The second-order valence-corrected chi connectivity index (χ2v) is 9.76. The molecule has 2 aromatic carbocycles. The van der Waals surface area contributed by atoms with Crippen molar-refractivity contribution in [3.63, 3.8) is 0 Å². The SMILES string of the molecule is Cc1ccc(C2=CSC3C2C(=O)N2CC/C(=C\c4ccc(N(C)C)cc4)C2=[N+]3C)cc1.[I-]. The monoisotopic (exact) mass is 557 g/mol. The molecule has 2 atom stereocenters. The summed E-state index contributed by atoms with van der Waals surface area (Å²) in [5.74, 6) is 1.20. The summed E-state index contributed by atoms with van der Waals surface area (Å²) in [6, 6.07) is 17.1. The Bertz CT molecular complexity index is 1130. The average molecular weight is 558 g/mol. The van der Waals surface area contributed by atoms with E-state index in [1.165, 1.54) is 22.4 Å². The van der Waals surface area contributed by atoms with Gasteiger partial charge in [0.2, 0.25) is 0 Å². The van der Waals surface area contributed by atoms with Crippen LogP contribution in [0.15, 0.2) is 59.5 Å². The van der Waals surface area contributed by atoms with Crippen molar-refractivity contribution in [2.24, 2.45) is 5.92 Å². The Balaban J connectivity index is 0.00000245. The van der Waals surface area contributed by atoms with Gasteiger partial charge in [-0.05, 0) is 47.2 Å². The third-order valence-corrected chi connectivity index (χ3v) is 7.74. The summed E-state index contributed by atoms with van der Waals surface area (Å²) in [5.41, 5.74) is 7.16. The molecule has 0 radical (unpaired) electrons. The number of halogens is 1. The summed E-state index contributed by atoms with van der Waals surface area (Å²) in [7, 11) is 6.24. The summed E-state index contributed by atoms with van der Waals surface area (Å²) < 4.78 is 2.32. The van der Waals surface area contributed by atoms with E-state index in [9.17, 15) is 4.79 Å². The Labute approximate surface area is 211 Å². The number of benzene rings is 2. The van der Waals surface area contributed by atoms with Gasteiger partial charge in [-0.1, -0.05) is 53.7 Å². The van der Waals surface area contributed by atoms with E-state index in [1.54, 1.807) is 11.8 Å². The molecule has 1 saturated heterocycles. The van der Waals surface area contributed by atoms with E-state index < -0.39 is 0 Å². The van der Waals surface area contributed by atoms with Crippen LogP contribution in [0.1, 0.15) is 23.1 Å². The van der Waals surface area contributed by atoms with Gasteiger partial charge >= 0.3 is 5.91 Å². The Morgan fingerprint density at radius 2 is 1.78 bits per heavy atom. The highest BCUT2D eigenvalue weighted by Gasteiger charge is 2.54. The minimum absolute atomic E-state index is 0.